The van der Waals surface area contributed by atoms with Crippen LogP contribution in [0.5, 0.6) is 0 Å². The molecule has 3 atom stereocenters. The van der Waals surface area contributed by atoms with Gasteiger partial charge in [0.25, 0.3) is 5.91 Å². The molecule has 0 aliphatic heterocycles. The van der Waals surface area contributed by atoms with Crippen molar-refractivity contribution in [3.05, 3.63) is 72.7 Å². The van der Waals surface area contributed by atoms with E-state index in [9.17, 15) is 39.8 Å². The number of carbonyl (C=O) groups is 1. The van der Waals surface area contributed by atoms with E-state index in [1.807, 2.05) is 10.4 Å². The van der Waals surface area contributed by atoms with E-state index in [1.54, 1.807) is 0 Å². The molecule has 3 aromatic rings. The number of hydrogen-bond donors (Lipinski definition) is 6. The van der Waals surface area contributed by atoms with Crippen LogP contribution in [0.25, 0.3) is 0 Å². The third-order valence-electron chi connectivity index (χ3n) is 4.50. The molecule has 0 saturated carbocycles. The van der Waals surface area contributed by atoms with Crippen molar-refractivity contribution in [2.24, 2.45) is 5.84 Å². The lowest BCUT2D eigenvalue weighted by atomic mass is 10.1. The lowest BCUT2D eigenvalue weighted by Gasteiger charge is -2.21. The van der Waals surface area contributed by atoms with Crippen molar-refractivity contribution in [2.75, 3.05) is 0 Å². The first-order valence-electron chi connectivity index (χ1n) is 9.11. The fraction of sp³-hybridized carbons (Fsp3) is 0.312. The number of aliphatic hydroxyl groups is 3. The lowest BCUT2D eigenvalue weighted by molar-refractivity contribution is -0.386. The molecule has 0 fully saturated rings. The molecule has 176 valence electrons. The number of hydrogen-bond acceptors (Lipinski definition) is 12. The van der Waals surface area contributed by atoms with Gasteiger partial charge in [-0.3, -0.25) is 34.7 Å². The van der Waals surface area contributed by atoms with Crippen molar-refractivity contribution in [1.82, 2.24) is 30.0 Å². The van der Waals surface area contributed by atoms with Crippen LogP contribution in [0.1, 0.15) is 27.9 Å². The number of nitro groups is 1. The van der Waals surface area contributed by atoms with Gasteiger partial charge in [-0.2, -0.15) is 0 Å². The minimum absolute atomic E-state index is 0.00751. The first kappa shape index (κ1) is 23.5. The zero-order chi connectivity index (χ0) is 24.3. The number of aliphatic hydroxyl groups excluding tert-OH is 3. The molecular formula is C16H18N8O9. The highest BCUT2D eigenvalue weighted by Gasteiger charge is 2.29. The van der Waals surface area contributed by atoms with Gasteiger partial charge >= 0.3 is 16.9 Å². The number of nitrogen functional groups attached to an aromatic ring is 1. The maximum absolute atomic E-state index is 11.9. The Morgan fingerprint density at radius 3 is 2.73 bits per heavy atom. The van der Waals surface area contributed by atoms with E-state index >= 15 is 0 Å². The maximum atomic E-state index is 11.9. The van der Waals surface area contributed by atoms with E-state index in [-0.39, 0.29) is 30.1 Å². The molecule has 0 unspecified atom stereocenters. The summed E-state index contributed by atoms with van der Waals surface area (Å²) in [6.45, 7) is -0.626. The Morgan fingerprint density at radius 2 is 2.06 bits per heavy atom. The van der Waals surface area contributed by atoms with Crippen molar-refractivity contribution in [3.8, 4) is 0 Å². The van der Waals surface area contributed by atoms with Gasteiger partial charge in [-0.15, -0.1) is 5.10 Å². The molecule has 17 heteroatoms. The van der Waals surface area contributed by atoms with Gasteiger partial charge in [-0.25, -0.2) is 15.3 Å². The van der Waals surface area contributed by atoms with Crippen LogP contribution >= 0.6 is 0 Å². The molecule has 0 radical (unpaired) electrons. The molecule has 3 aromatic heterocycles. The fourth-order valence-corrected chi connectivity index (χ4v) is 2.81. The fourth-order valence-electron chi connectivity index (χ4n) is 2.81. The predicted octanol–water partition coefficient (Wildman–Crippen LogP) is -3.26. The first-order valence-corrected chi connectivity index (χ1v) is 9.11. The Labute approximate surface area is 181 Å². The number of nitrogens with one attached hydrogen (secondary N) is 2. The summed E-state index contributed by atoms with van der Waals surface area (Å²) in [6, 6.07) is 1.14. The summed E-state index contributed by atoms with van der Waals surface area (Å²) in [5.41, 5.74) is -0.877. The number of aromatic amines is 1. The Hall–Kier alpha value is -4.19. The minimum Gasteiger partial charge on any atom is -0.466 e. The summed E-state index contributed by atoms with van der Waals surface area (Å²) in [6.07, 6.45) is -1.96. The summed E-state index contributed by atoms with van der Waals surface area (Å²) in [5, 5.41) is 49.0. The third-order valence-corrected chi connectivity index (χ3v) is 4.50. The Bertz CT molecular complexity index is 1280. The summed E-state index contributed by atoms with van der Waals surface area (Å²) < 4.78 is 6.95. The topological polar surface area (TPSA) is 258 Å². The lowest BCUT2D eigenvalue weighted by Crippen LogP contribution is -2.35. The second-order valence-corrected chi connectivity index (χ2v) is 6.80. The van der Waals surface area contributed by atoms with E-state index in [0.717, 1.165) is 27.8 Å². The van der Waals surface area contributed by atoms with Crippen LogP contribution in [-0.4, -0.2) is 62.9 Å². The smallest absolute Gasteiger partial charge is 0.350 e. The van der Waals surface area contributed by atoms with Crippen molar-refractivity contribution < 1.29 is 29.5 Å². The van der Waals surface area contributed by atoms with Crippen molar-refractivity contribution >= 4 is 11.6 Å². The monoisotopic (exact) mass is 466 g/mol. The van der Waals surface area contributed by atoms with Gasteiger partial charge in [-0.1, -0.05) is 5.21 Å². The zero-order valence-corrected chi connectivity index (χ0v) is 16.6. The molecule has 7 N–H and O–H groups in total. The molecule has 3 heterocycles. The van der Waals surface area contributed by atoms with Crippen LogP contribution in [0.3, 0.4) is 0 Å². The highest BCUT2D eigenvalue weighted by molar-refractivity contribution is 5.93. The minimum atomic E-state index is -1.75. The molecule has 0 saturated heterocycles. The van der Waals surface area contributed by atoms with Gasteiger partial charge in [0, 0.05) is 0 Å². The molecular weight excluding hydrogens is 448 g/mol. The molecule has 17 nitrogen and oxygen atoms in total. The number of aromatic nitrogens is 5. The van der Waals surface area contributed by atoms with Gasteiger partial charge in [0.05, 0.1) is 36.0 Å². The van der Waals surface area contributed by atoms with Crippen LogP contribution in [0, 0.1) is 10.1 Å². The van der Waals surface area contributed by atoms with Crippen molar-refractivity contribution in [3.63, 3.8) is 0 Å². The second-order valence-electron chi connectivity index (χ2n) is 6.80. The molecule has 1 amide bonds. The summed E-state index contributed by atoms with van der Waals surface area (Å²) in [7, 11) is 0. The van der Waals surface area contributed by atoms with Crippen LogP contribution < -0.4 is 22.5 Å². The molecule has 0 aromatic carbocycles. The van der Waals surface area contributed by atoms with Gasteiger partial charge in [-0.05, 0) is 6.07 Å². The van der Waals surface area contributed by atoms with Gasteiger partial charge in [0.1, 0.15) is 36.0 Å². The molecule has 0 aliphatic rings. The quantitative estimate of drug-likeness (QED) is 0.0785. The Balaban J connectivity index is 1.67. The van der Waals surface area contributed by atoms with E-state index in [0.29, 0.717) is 0 Å². The molecule has 0 spiro atoms. The van der Waals surface area contributed by atoms with E-state index < -0.39 is 46.1 Å². The van der Waals surface area contributed by atoms with Crippen molar-refractivity contribution in [1.29, 1.82) is 0 Å². The SMILES string of the molecule is NNC(=O)c1coc([C@@H](O)[C@H](O)[C@H](O)Cn2cc(Cn3cc([N+](=O)[O-])c(=O)[nH]c3=O)nn2)c1. The predicted molar refractivity (Wildman–Crippen MR) is 104 cm³/mol. The van der Waals surface area contributed by atoms with Gasteiger partial charge < -0.3 is 19.7 Å². The van der Waals surface area contributed by atoms with Crippen LogP contribution in [0.15, 0.2) is 38.7 Å². The Morgan fingerprint density at radius 1 is 1.33 bits per heavy atom. The number of nitrogens with two attached hydrogens (primary N) is 1. The van der Waals surface area contributed by atoms with E-state index in [4.69, 9.17) is 10.3 Å². The molecule has 0 bridgehead atoms. The van der Waals surface area contributed by atoms with E-state index in [1.165, 1.54) is 6.20 Å². The van der Waals surface area contributed by atoms with Crippen LogP contribution in [0.4, 0.5) is 5.69 Å². The number of rotatable bonds is 9. The van der Waals surface area contributed by atoms with Crippen LogP contribution in [-0.2, 0) is 13.1 Å². The third kappa shape index (κ3) is 5.18. The van der Waals surface area contributed by atoms with Crippen molar-refractivity contribution in [2.45, 2.75) is 31.4 Å². The average molecular weight is 466 g/mol. The average Bonchev–Trinajstić information content (AvgIpc) is 3.43. The number of hydrazine groups is 1. The summed E-state index contributed by atoms with van der Waals surface area (Å²) >= 11 is 0. The highest BCUT2D eigenvalue weighted by Crippen LogP contribution is 2.22. The van der Waals surface area contributed by atoms with E-state index in [2.05, 4.69) is 10.3 Å². The number of H-pyrrole nitrogens is 1. The highest BCUT2D eigenvalue weighted by atomic mass is 16.6. The second kappa shape index (κ2) is 9.53. The Kier molecular flexibility index (Phi) is 6.78. The van der Waals surface area contributed by atoms with Gasteiger partial charge in [0.15, 0.2) is 0 Å². The standard InChI is InChI=1S/C16H18N8O9/c17-19-14(28)7-1-11(33-6-7)13(27)12(26)10(25)5-23-3-8(20-21-23)2-22-4-9(24(31)32)15(29)18-16(22)30/h1,3-4,6,10,12-13,25-27H,2,5,17H2,(H,19,28)(H,18,29,30)/t10-,12-,13-/m1/s1. The number of furan rings is 1. The zero-order valence-electron chi connectivity index (χ0n) is 16.6. The van der Waals surface area contributed by atoms with Crippen LogP contribution in [0.2, 0.25) is 0 Å². The summed E-state index contributed by atoms with van der Waals surface area (Å²) in [4.78, 5) is 46.5. The number of amides is 1. The molecule has 3 rings (SSSR count). The summed E-state index contributed by atoms with van der Waals surface area (Å²) in [5.74, 6) is 4.11. The first-order chi connectivity index (χ1) is 15.6. The number of carbonyl (C=O) groups excluding carboxylic acids is 1. The normalized spacial score (nSPS) is 13.9. The largest absolute Gasteiger partial charge is 0.466 e. The molecule has 33 heavy (non-hydrogen) atoms. The number of nitrogens with zero attached hydrogens (tertiary/aromatic N) is 5. The maximum Gasteiger partial charge on any atom is 0.350 e. The molecule has 0 aliphatic carbocycles. The van der Waals surface area contributed by atoms with Gasteiger partial charge in [0.2, 0.25) is 0 Å².